The smallest absolute Gasteiger partial charge is 0.354 e. The first-order valence-corrected chi connectivity index (χ1v) is 8.46. The van der Waals surface area contributed by atoms with E-state index in [0.717, 1.165) is 5.56 Å². The molecule has 1 N–H and O–H groups in total. The third-order valence-electron chi connectivity index (χ3n) is 4.41. The highest BCUT2D eigenvalue weighted by Gasteiger charge is 2.25. The van der Waals surface area contributed by atoms with Crippen LogP contribution in [0.15, 0.2) is 24.3 Å². The number of aromatic amines is 1. The summed E-state index contributed by atoms with van der Waals surface area (Å²) >= 11 is 0. The van der Waals surface area contributed by atoms with E-state index < -0.39 is 5.97 Å². The predicted molar refractivity (Wildman–Crippen MR) is 98.7 cm³/mol. The molecule has 1 amide bonds. The minimum atomic E-state index is -0.521. The van der Waals surface area contributed by atoms with Gasteiger partial charge in [-0.05, 0) is 45.4 Å². The molecule has 0 saturated carbocycles. The van der Waals surface area contributed by atoms with Crippen LogP contribution in [0.2, 0.25) is 0 Å². The van der Waals surface area contributed by atoms with Crippen molar-refractivity contribution >= 4 is 17.7 Å². The van der Waals surface area contributed by atoms with E-state index in [1.165, 1.54) is 12.0 Å². The number of ether oxygens (including phenoxy) is 1. The first-order chi connectivity index (χ1) is 12.3. The van der Waals surface area contributed by atoms with Crippen LogP contribution in [0.4, 0.5) is 0 Å². The van der Waals surface area contributed by atoms with Gasteiger partial charge >= 0.3 is 5.97 Å². The summed E-state index contributed by atoms with van der Waals surface area (Å²) in [7, 11) is 1.29. The zero-order valence-corrected chi connectivity index (χ0v) is 15.8. The Bertz CT molecular complexity index is 834. The van der Waals surface area contributed by atoms with E-state index in [4.69, 9.17) is 4.74 Å². The Morgan fingerprint density at radius 3 is 2.23 bits per heavy atom. The Hall–Kier alpha value is -2.89. The average Bonchev–Trinajstić information content (AvgIpc) is 2.93. The van der Waals surface area contributed by atoms with Crippen molar-refractivity contribution < 1.29 is 19.1 Å². The van der Waals surface area contributed by atoms with Crippen LogP contribution < -0.4 is 0 Å². The van der Waals surface area contributed by atoms with E-state index in [2.05, 4.69) is 4.98 Å². The lowest BCUT2D eigenvalue weighted by atomic mass is 10.0. The first-order valence-electron chi connectivity index (χ1n) is 8.46. The quantitative estimate of drug-likeness (QED) is 0.637. The minimum absolute atomic E-state index is 0.0522. The largest absolute Gasteiger partial charge is 0.464 e. The van der Waals surface area contributed by atoms with Crippen LogP contribution >= 0.6 is 0 Å². The summed E-state index contributed by atoms with van der Waals surface area (Å²) in [5.41, 5.74) is 3.43. The SMILES string of the molecule is CCN(CC(=O)c1c(C)[nH]c(C(=O)OC)c1C)C(=O)c1ccc(C)cc1. The van der Waals surface area contributed by atoms with Crippen molar-refractivity contribution in [2.45, 2.75) is 27.7 Å². The highest BCUT2D eigenvalue weighted by molar-refractivity contribution is 6.05. The van der Waals surface area contributed by atoms with Gasteiger partial charge in [-0.25, -0.2) is 4.79 Å². The van der Waals surface area contributed by atoms with Crippen molar-refractivity contribution in [1.82, 2.24) is 9.88 Å². The molecule has 0 bridgehead atoms. The Morgan fingerprint density at radius 2 is 1.69 bits per heavy atom. The number of hydrogen-bond acceptors (Lipinski definition) is 4. The standard InChI is InChI=1S/C20H24N2O4/c1-6-22(19(24)15-9-7-12(2)8-10-15)11-16(23)17-13(3)18(20(25)26-5)21-14(17)4/h7-10,21H,6,11H2,1-5H3. The van der Waals surface area contributed by atoms with Gasteiger partial charge in [0.25, 0.3) is 5.91 Å². The number of aromatic nitrogens is 1. The van der Waals surface area contributed by atoms with Gasteiger partial charge in [0, 0.05) is 23.4 Å². The van der Waals surface area contributed by atoms with E-state index in [9.17, 15) is 14.4 Å². The van der Waals surface area contributed by atoms with E-state index in [1.54, 1.807) is 26.0 Å². The summed E-state index contributed by atoms with van der Waals surface area (Å²) in [6.45, 7) is 7.56. The molecule has 0 aliphatic rings. The number of ketones is 1. The summed E-state index contributed by atoms with van der Waals surface area (Å²) in [4.78, 5) is 41.7. The molecule has 0 saturated heterocycles. The number of hydrogen-bond donors (Lipinski definition) is 1. The number of esters is 1. The molecule has 6 heteroatoms. The third-order valence-corrected chi connectivity index (χ3v) is 4.41. The fraction of sp³-hybridized carbons (Fsp3) is 0.350. The molecule has 2 aromatic rings. The predicted octanol–water partition coefficient (Wildman–Crippen LogP) is 3.07. The summed E-state index contributed by atoms with van der Waals surface area (Å²) in [6, 6.07) is 7.25. The summed E-state index contributed by atoms with van der Waals surface area (Å²) in [6.07, 6.45) is 0. The summed E-state index contributed by atoms with van der Waals surface area (Å²) < 4.78 is 4.73. The van der Waals surface area contributed by atoms with Crippen LogP contribution in [0.3, 0.4) is 0 Å². The van der Waals surface area contributed by atoms with Gasteiger partial charge in [0.05, 0.1) is 13.7 Å². The second kappa shape index (κ2) is 7.99. The van der Waals surface area contributed by atoms with Gasteiger partial charge < -0.3 is 14.6 Å². The van der Waals surface area contributed by atoms with E-state index >= 15 is 0 Å². The Labute approximate surface area is 153 Å². The number of Topliss-reactive ketones (excluding diaryl/α,β-unsaturated/α-hetero) is 1. The lowest BCUT2D eigenvalue weighted by Gasteiger charge is -2.20. The van der Waals surface area contributed by atoms with Crippen LogP contribution in [0, 0.1) is 20.8 Å². The molecule has 1 aromatic carbocycles. The number of aryl methyl sites for hydroxylation is 2. The molecule has 0 atom stereocenters. The highest BCUT2D eigenvalue weighted by atomic mass is 16.5. The van der Waals surface area contributed by atoms with Crippen molar-refractivity contribution in [2.24, 2.45) is 0 Å². The van der Waals surface area contributed by atoms with Gasteiger partial charge in [-0.1, -0.05) is 17.7 Å². The van der Waals surface area contributed by atoms with Gasteiger partial charge in [-0.15, -0.1) is 0 Å². The number of methoxy groups -OCH3 is 1. The lowest BCUT2D eigenvalue weighted by Crippen LogP contribution is -2.35. The molecule has 2 rings (SSSR count). The maximum atomic E-state index is 12.8. The van der Waals surface area contributed by atoms with Gasteiger partial charge in [0.2, 0.25) is 0 Å². The molecule has 1 heterocycles. The highest BCUT2D eigenvalue weighted by Crippen LogP contribution is 2.20. The maximum Gasteiger partial charge on any atom is 0.354 e. The number of nitrogens with zero attached hydrogens (tertiary/aromatic N) is 1. The van der Waals surface area contributed by atoms with Gasteiger partial charge in [-0.2, -0.15) is 0 Å². The molecule has 1 aromatic heterocycles. The zero-order valence-electron chi connectivity index (χ0n) is 15.8. The molecular weight excluding hydrogens is 332 g/mol. The molecule has 26 heavy (non-hydrogen) atoms. The maximum absolute atomic E-state index is 12.8. The number of H-pyrrole nitrogens is 1. The number of carbonyl (C=O) groups is 3. The number of likely N-dealkylation sites (N-methyl/N-ethyl adjacent to an activating group) is 1. The fourth-order valence-electron chi connectivity index (χ4n) is 2.93. The Balaban J connectivity index is 2.24. The molecule has 0 spiro atoms. The fourth-order valence-corrected chi connectivity index (χ4v) is 2.93. The van der Waals surface area contributed by atoms with Crippen LogP contribution in [0.5, 0.6) is 0 Å². The second-order valence-corrected chi connectivity index (χ2v) is 6.23. The number of amides is 1. The van der Waals surface area contributed by atoms with Crippen molar-refractivity contribution in [3.63, 3.8) is 0 Å². The molecule has 0 radical (unpaired) electrons. The summed E-state index contributed by atoms with van der Waals surface area (Å²) in [5.74, 6) is -0.929. The minimum Gasteiger partial charge on any atom is -0.464 e. The van der Waals surface area contributed by atoms with Crippen LogP contribution in [0.25, 0.3) is 0 Å². The van der Waals surface area contributed by atoms with Gasteiger partial charge in [-0.3, -0.25) is 9.59 Å². The molecule has 6 nitrogen and oxygen atoms in total. The Kier molecular flexibility index (Phi) is 5.97. The molecule has 138 valence electrons. The van der Waals surface area contributed by atoms with Crippen LogP contribution in [0.1, 0.15) is 54.9 Å². The number of carbonyl (C=O) groups excluding carboxylic acids is 3. The van der Waals surface area contributed by atoms with Gasteiger partial charge in [0.1, 0.15) is 5.69 Å². The molecule has 0 fully saturated rings. The number of benzene rings is 1. The molecule has 0 aliphatic heterocycles. The second-order valence-electron chi connectivity index (χ2n) is 6.23. The van der Waals surface area contributed by atoms with Gasteiger partial charge in [0.15, 0.2) is 5.78 Å². The normalized spacial score (nSPS) is 10.5. The van der Waals surface area contributed by atoms with Crippen LogP contribution in [-0.4, -0.2) is 47.7 Å². The Morgan fingerprint density at radius 1 is 1.08 bits per heavy atom. The van der Waals surface area contributed by atoms with E-state index in [0.29, 0.717) is 28.9 Å². The van der Waals surface area contributed by atoms with E-state index in [-0.39, 0.29) is 23.9 Å². The van der Waals surface area contributed by atoms with E-state index in [1.807, 2.05) is 26.0 Å². The van der Waals surface area contributed by atoms with Crippen molar-refractivity contribution in [3.8, 4) is 0 Å². The number of nitrogens with one attached hydrogen (secondary N) is 1. The monoisotopic (exact) mass is 356 g/mol. The van der Waals surface area contributed by atoms with Crippen LogP contribution in [-0.2, 0) is 4.74 Å². The zero-order chi connectivity index (χ0) is 19.4. The molecule has 0 aliphatic carbocycles. The molecule has 0 unspecified atom stereocenters. The topological polar surface area (TPSA) is 79.5 Å². The van der Waals surface area contributed by atoms with Crippen molar-refractivity contribution in [1.29, 1.82) is 0 Å². The summed E-state index contributed by atoms with van der Waals surface area (Å²) in [5, 5.41) is 0. The first kappa shape index (κ1) is 19.4. The third kappa shape index (κ3) is 3.85. The number of rotatable bonds is 6. The van der Waals surface area contributed by atoms with Crippen molar-refractivity contribution in [2.75, 3.05) is 20.2 Å². The van der Waals surface area contributed by atoms with Crippen molar-refractivity contribution in [3.05, 3.63) is 57.9 Å². The lowest BCUT2D eigenvalue weighted by molar-refractivity contribution is 0.0593. The molecular formula is C20H24N2O4. The average molecular weight is 356 g/mol.